The van der Waals surface area contributed by atoms with Gasteiger partial charge < -0.3 is 14.6 Å². The summed E-state index contributed by atoms with van der Waals surface area (Å²) >= 11 is 0. The zero-order chi connectivity index (χ0) is 17.6. The van der Waals surface area contributed by atoms with Crippen molar-refractivity contribution in [3.05, 3.63) is 24.7 Å². The van der Waals surface area contributed by atoms with Gasteiger partial charge in [0.1, 0.15) is 12.2 Å². The van der Waals surface area contributed by atoms with Crippen molar-refractivity contribution >= 4 is 0 Å². The summed E-state index contributed by atoms with van der Waals surface area (Å²) < 4.78 is 11.4. The van der Waals surface area contributed by atoms with Gasteiger partial charge in [-0.15, -0.1) is 0 Å². The fraction of sp³-hybridized carbons (Fsp3) is 0.737. The molecule has 23 heavy (non-hydrogen) atoms. The molecular weight excluding hydrogens is 290 g/mol. The second-order valence-corrected chi connectivity index (χ2v) is 5.92. The molecule has 0 saturated carbocycles. The van der Waals surface area contributed by atoms with E-state index >= 15 is 0 Å². The van der Waals surface area contributed by atoms with Crippen LogP contribution in [0.4, 0.5) is 0 Å². The minimum atomic E-state index is -0.874. The lowest BCUT2D eigenvalue weighted by Crippen LogP contribution is -2.38. The van der Waals surface area contributed by atoms with Crippen LogP contribution in [-0.4, -0.2) is 22.9 Å². The molecule has 0 aliphatic heterocycles. The van der Waals surface area contributed by atoms with Gasteiger partial charge in [-0.3, -0.25) is 0 Å². The van der Waals surface area contributed by atoms with Crippen LogP contribution in [0.25, 0.3) is 0 Å². The first kappa shape index (κ1) is 21.5. The molecule has 4 nitrogen and oxygen atoms in total. The van der Waals surface area contributed by atoms with Crippen LogP contribution in [0.15, 0.2) is 24.7 Å². The molecule has 2 unspecified atom stereocenters. The van der Waals surface area contributed by atoms with E-state index in [0.717, 1.165) is 12.8 Å². The number of unbranched alkanes of at least 4 members (excludes halogenated alkanes) is 1. The third-order valence-corrected chi connectivity index (χ3v) is 3.87. The van der Waals surface area contributed by atoms with E-state index in [2.05, 4.69) is 19.9 Å². The van der Waals surface area contributed by atoms with E-state index < -0.39 is 5.60 Å². The molecule has 0 fully saturated rings. The Hall–Kier alpha value is -1.47. The maximum atomic E-state index is 11.1. The van der Waals surface area contributed by atoms with Gasteiger partial charge in [-0.25, -0.2) is 0 Å². The quantitative estimate of drug-likeness (QED) is 0.389. The molecule has 0 aliphatic carbocycles. The van der Waals surface area contributed by atoms with Gasteiger partial charge in [0.15, 0.2) is 0 Å². The standard InChI is InChI=1S/C19H33NO3/c1-5-13-22-17(7-3)15-19(21,11-9-10-12-20)16-18(8-4)23-14-6-2/h5-6,13-14,17-18,21H,7-11,15-16H2,1-4H3. The molecule has 132 valence electrons. The van der Waals surface area contributed by atoms with E-state index in [1.807, 2.05) is 26.0 Å². The van der Waals surface area contributed by atoms with Crippen LogP contribution >= 0.6 is 0 Å². The molecule has 4 heteroatoms. The molecule has 0 bridgehead atoms. The Labute approximate surface area is 141 Å². The van der Waals surface area contributed by atoms with Crippen LogP contribution in [0, 0.1) is 11.3 Å². The Balaban J connectivity index is 4.93. The number of allylic oxidation sites excluding steroid dienone is 2. The molecule has 0 heterocycles. The molecule has 0 aromatic rings. The maximum Gasteiger partial charge on any atom is 0.100 e. The summed E-state index contributed by atoms with van der Waals surface area (Å²) in [5, 5.41) is 19.9. The van der Waals surface area contributed by atoms with Crippen LogP contribution in [-0.2, 0) is 9.47 Å². The highest BCUT2D eigenvalue weighted by Crippen LogP contribution is 2.30. The van der Waals surface area contributed by atoms with Crippen LogP contribution in [0.3, 0.4) is 0 Å². The molecule has 0 amide bonds. The number of nitriles is 1. The molecule has 0 spiro atoms. The minimum Gasteiger partial charge on any atom is -0.498 e. The SMILES string of the molecule is CC=COC(CC)CC(O)(CCCC#N)CC(CC)OC=CC. The predicted octanol–water partition coefficient (Wildman–Crippen LogP) is 4.85. The van der Waals surface area contributed by atoms with Crippen LogP contribution < -0.4 is 0 Å². The Morgan fingerprint density at radius 1 is 1.04 bits per heavy atom. The molecule has 0 radical (unpaired) electrons. The van der Waals surface area contributed by atoms with Crippen molar-refractivity contribution < 1.29 is 14.6 Å². The average Bonchev–Trinajstić information content (AvgIpc) is 2.55. The lowest BCUT2D eigenvalue weighted by Gasteiger charge is -2.34. The van der Waals surface area contributed by atoms with Crippen molar-refractivity contribution in [3.63, 3.8) is 0 Å². The maximum absolute atomic E-state index is 11.1. The lowest BCUT2D eigenvalue weighted by molar-refractivity contribution is -0.0574. The van der Waals surface area contributed by atoms with E-state index in [9.17, 15) is 5.11 Å². The summed E-state index contributed by atoms with van der Waals surface area (Å²) in [6.07, 6.45) is 11.5. The number of hydrogen-bond acceptors (Lipinski definition) is 4. The summed E-state index contributed by atoms with van der Waals surface area (Å²) in [4.78, 5) is 0. The van der Waals surface area contributed by atoms with Crippen molar-refractivity contribution in [1.29, 1.82) is 5.26 Å². The van der Waals surface area contributed by atoms with Crippen molar-refractivity contribution in [2.45, 2.75) is 90.4 Å². The van der Waals surface area contributed by atoms with Gasteiger partial charge in [-0.05, 0) is 39.5 Å². The summed E-state index contributed by atoms with van der Waals surface area (Å²) in [7, 11) is 0. The average molecular weight is 323 g/mol. The minimum absolute atomic E-state index is 0.0301. The second-order valence-electron chi connectivity index (χ2n) is 5.92. The van der Waals surface area contributed by atoms with Gasteiger partial charge in [-0.1, -0.05) is 26.0 Å². The number of rotatable bonds is 13. The Bertz CT molecular complexity index is 361. The molecule has 1 N–H and O–H groups in total. The van der Waals surface area contributed by atoms with Crippen molar-refractivity contribution in [2.24, 2.45) is 0 Å². The van der Waals surface area contributed by atoms with Crippen molar-refractivity contribution in [1.82, 2.24) is 0 Å². The molecule has 0 aromatic carbocycles. The Morgan fingerprint density at radius 2 is 1.52 bits per heavy atom. The fourth-order valence-electron chi connectivity index (χ4n) is 2.59. The van der Waals surface area contributed by atoms with E-state index in [4.69, 9.17) is 14.7 Å². The fourth-order valence-corrected chi connectivity index (χ4v) is 2.59. The molecule has 0 aromatic heterocycles. The van der Waals surface area contributed by atoms with E-state index in [0.29, 0.717) is 32.1 Å². The normalized spacial score (nSPS) is 16.9. The second kappa shape index (κ2) is 13.0. The zero-order valence-electron chi connectivity index (χ0n) is 15.1. The topological polar surface area (TPSA) is 62.5 Å². The van der Waals surface area contributed by atoms with Crippen LogP contribution in [0.1, 0.15) is 72.6 Å². The highest BCUT2D eigenvalue weighted by Gasteiger charge is 2.33. The van der Waals surface area contributed by atoms with Gasteiger partial charge >= 0.3 is 0 Å². The monoisotopic (exact) mass is 323 g/mol. The lowest BCUT2D eigenvalue weighted by atomic mass is 9.84. The predicted molar refractivity (Wildman–Crippen MR) is 93.6 cm³/mol. The van der Waals surface area contributed by atoms with Crippen molar-refractivity contribution in [2.75, 3.05) is 0 Å². The first-order valence-electron chi connectivity index (χ1n) is 8.67. The summed E-state index contributed by atoms with van der Waals surface area (Å²) in [6, 6.07) is 2.15. The Kier molecular flexibility index (Phi) is 12.2. The molecule has 0 aliphatic rings. The third kappa shape index (κ3) is 10.0. The van der Waals surface area contributed by atoms with Gasteiger partial charge in [0.2, 0.25) is 0 Å². The van der Waals surface area contributed by atoms with Crippen molar-refractivity contribution in [3.8, 4) is 6.07 Å². The summed E-state index contributed by atoms with van der Waals surface area (Å²) in [5.74, 6) is 0. The van der Waals surface area contributed by atoms with Gasteiger partial charge in [0, 0.05) is 19.3 Å². The van der Waals surface area contributed by atoms with Gasteiger partial charge in [-0.2, -0.15) is 5.26 Å². The molecule has 0 rings (SSSR count). The van der Waals surface area contributed by atoms with Crippen LogP contribution in [0.5, 0.6) is 0 Å². The summed E-state index contributed by atoms with van der Waals surface area (Å²) in [5.41, 5.74) is -0.874. The molecular formula is C19H33NO3. The smallest absolute Gasteiger partial charge is 0.100 e. The molecule has 0 saturated heterocycles. The highest BCUT2D eigenvalue weighted by atomic mass is 16.5. The van der Waals surface area contributed by atoms with E-state index in [1.165, 1.54) is 0 Å². The number of aliphatic hydroxyl groups is 1. The van der Waals surface area contributed by atoms with Gasteiger partial charge in [0.25, 0.3) is 0 Å². The Morgan fingerprint density at radius 3 is 1.87 bits per heavy atom. The zero-order valence-corrected chi connectivity index (χ0v) is 15.1. The first-order chi connectivity index (χ1) is 11.0. The van der Waals surface area contributed by atoms with Gasteiger partial charge in [0.05, 0.1) is 24.2 Å². The van der Waals surface area contributed by atoms with Crippen LogP contribution in [0.2, 0.25) is 0 Å². The number of nitrogens with zero attached hydrogens (tertiary/aromatic N) is 1. The largest absolute Gasteiger partial charge is 0.498 e. The molecule has 2 atom stereocenters. The summed E-state index contributed by atoms with van der Waals surface area (Å²) in [6.45, 7) is 7.92. The third-order valence-electron chi connectivity index (χ3n) is 3.87. The van der Waals surface area contributed by atoms with E-state index in [1.54, 1.807) is 12.5 Å². The number of ether oxygens (including phenoxy) is 2. The number of hydrogen-bond donors (Lipinski definition) is 1. The first-order valence-corrected chi connectivity index (χ1v) is 8.67. The highest BCUT2D eigenvalue weighted by molar-refractivity contribution is 4.88. The van der Waals surface area contributed by atoms with E-state index in [-0.39, 0.29) is 12.2 Å².